The van der Waals surface area contributed by atoms with Crippen molar-refractivity contribution in [3.8, 4) is 0 Å². The molecular formula is C25H54. The van der Waals surface area contributed by atoms with E-state index >= 15 is 0 Å². The molecule has 0 radical (unpaired) electrons. The van der Waals surface area contributed by atoms with Crippen LogP contribution in [0.25, 0.3) is 0 Å². The molecule has 154 valence electrons. The summed E-state index contributed by atoms with van der Waals surface area (Å²) in [7, 11) is 0. The van der Waals surface area contributed by atoms with Gasteiger partial charge in [0.05, 0.1) is 0 Å². The molecule has 1 aliphatic rings. The second-order valence-electron chi connectivity index (χ2n) is 5.59. The van der Waals surface area contributed by atoms with Crippen LogP contribution >= 0.6 is 0 Å². The zero-order valence-electron chi connectivity index (χ0n) is 20.0. The largest absolute Gasteiger partial charge is 0.0956 e. The van der Waals surface area contributed by atoms with E-state index in [0.29, 0.717) is 0 Å². The van der Waals surface area contributed by atoms with Crippen LogP contribution in [0.3, 0.4) is 0 Å². The third-order valence-corrected chi connectivity index (χ3v) is 4.47. The summed E-state index contributed by atoms with van der Waals surface area (Å²) in [5.41, 5.74) is 1.37. The molecule has 0 N–H and O–H groups in total. The molecule has 0 saturated heterocycles. The maximum absolute atomic E-state index is 4.32. The summed E-state index contributed by atoms with van der Waals surface area (Å²) < 4.78 is 0. The van der Waals surface area contributed by atoms with Crippen LogP contribution in [0.4, 0.5) is 0 Å². The molecule has 0 aliphatic heterocycles. The zero-order chi connectivity index (χ0) is 20.7. The Labute approximate surface area is 163 Å². The summed E-state index contributed by atoms with van der Waals surface area (Å²) >= 11 is 0. The fraction of sp³-hybridized carbons (Fsp3) is 0.840. The van der Waals surface area contributed by atoms with Crippen LogP contribution in [0, 0.1) is 17.8 Å². The van der Waals surface area contributed by atoms with Crippen molar-refractivity contribution in [3.05, 3.63) is 24.3 Å². The van der Waals surface area contributed by atoms with Gasteiger partial charge >= 0.3 is 0 Å². The van der Waals surface area contributed by atoms with Crippen LogP contribution in [0.1, 0.15) is 121 Å². The van der Waals surface area contributed by atoms with Gasteiger partial charge in [0.2, 0.25) is 0 Å². The van der Waals surface area contributed by atoms with Gasteiger partial charge in [-0.3, -0.25) is 0 Å². The Bertz CT molecular complexity index is 249. The summed E-state index contributed by atoms with van der Waals surface area (Å²) in [5, 5.41) is 0. The lowest BCUT2D eigenvalue weighted by Crippen LogP contribution is -2.27. The molecule has 0 nitrogen and oxygen atoms in total. The fourth-order valence-corrected chi connectivity index (χ4v) is 3.60. The Morgan fingerprint density at radius 1 is 0.920 bits per heavy atom. The van der Waals surface area contributed by atoms with Gasteiger partial charge in [-0.1, -0.05) is 126 Å². The molecule has 0 amide bonds. The number of allylic oxidation sites excluding steroid dienone is 3. The quantitative estimate of drug-likeness (QED) is 0.416. The number of rotatable bonds is 6. The molecule has 3 atom stereocenters. The van der Waals surface area contributed by atoms with Gasteiger partial charge in [0.25, 0.3) is 0 Å². The molecule has 1 fully saturated rings. The molecule has 1 saturated carbocycles. The normalized spacial score (nSPS) is 19.5. The highest BCUT2D eigenvalue weighted by atomic mass is 14.4. The lowest BCUT2D eigenvalue weighted by molar-refractivity contribution is 0.170. The summed E-state index contributed by atoms with van der Waals surface area (Å²) in [6.07, 6.45) is 14.1. The van der Waals surface area contributed by atoms with E-state index in [1.54, 1.807) is 0 Å². The third kappa shape index (κ3) is 15.5. The monoisotopic (exact) mass is 354 g/mol. The molecule has 3 unspecified atom stereocenters. The molecule has 1 aliphatic carbocycles. The highest BCUT2D eigenvalue weighted by Crippen LogP contribution is 2.41. The van der Waals surface area contributed by atoms with E-state index in [-0.39, 0.29) is 0 Å². The first-order valence-electron chi connectivity index (χ1n) is 11.6. The fourth-order valence-electron chi connectivity index (χ4n) is 3.60. The van der Waals surface area contributed by atoms with Crippen LogP contribution in [0.15, 0.2) is 24.3 Å². The summed E-state index contributed by atoms with van der Waals surface area (Å²) in [4.78, 5) is 0. The number of hydrogen-bond acceptors (Lipinski definition) is 0. The van der Waals surface area contributed by atoms with Gasteiger partial charge < -0.3 is 0 Å². The van der Waals surface area contributed by atoms with Crippen molar-refractivity contribution in [2.24, 2.45) is 17.8 Å². The van der Waals surface area contributed by atoms with Crippen LogP contribution in [0.2, 0.25) is 0 Å². The van der Waals surface area contributed by atoms with Gasteiger partial charge in [-0.15, -0.1) is 0 Å². The molecule has 0 aromatic heterocycles. The second-order valence-corrected chi connectivity index (χ2v) is 5.59. The Morgan fingerprint density at radius 3 is 1.80 bits per heavy atom. The Kier molecular flexibility index (Phi) is 36.4. The third-order valence-electron chi connectivity index (χ3n) is 4.47. The van der Waals surface area contributed by atoms with Gasteiger partial charge in [-0.05, 0) is 37.5 Å². The molecule has 0 aromatic carbocycles. The van der Waals surface area contributed by atoms with E-state index in [0.717, 1.165) is 17.8 Å². The lowest BCUT2D eigenvalue weighted by Gasteiger charge is -2.37. The minimum absolute atomic E-state index is 0.737. The molecule has 0 heterocycles. The molecule has 0 heteroatoms. The van der Waals surface area contributed by atoms with Crippen LogP contribution in [-0.4, -0.2) is 0 Å². The van der Waals surface area contributed by atoms with Crippen LogP contribution in [-0.2, 0) is 0 Å². The van der Waals surface area contributed by atoms with Crippen molar-refractivity contribution in [1.82, 2.24) is 0 Å². The first-order chi connectivity index (χ1) is 12.2. The molecule has 0 spiro atoms. The van der Waals surface area contributed by atoms with Crippen LogP contribution < -0.4 is 0 Å². The lowest BCUT2D eigenvalue weighted by atomic mass is 9.68. The zero-order valence-corrected chi connectivity index (χ0v) is 20.0. The Hall–Kier alpha value is -0.520. The van der Waals surface area contributed by atoms with Gasteiger partial charge in [-0.25, -0.2) is 0 Å². The van der Waals surface area contributed by atoms with E-state index < -0.39 is 0 Å². The predicted molar refractivity (Wildman–Crippen MR) is 123 cm³/mol. The average Bonchev–Trinajstić information content (AvgIpc) is 2.72. The standard InChI is InChI=1S/C17H30.4C2H6/c1-5-10-14(4)16(11-6-2)17-13-9-8-12-15(17)7-3;4*1-2/h5,10,15-17H,4,6-9,11-13H2,1-3H3;4*1-2H3/b10-5-;;;;. The van der Waals surface area contributed by atoms with Crippen molar-refractivity contribution in [3.63, 3.8) is 0 Å². The number of hydrogen-bond donors (Lipinski definition) is 0. The average molecular weight is 355 g/mol. The van der Waals surface area contributed by atoms with E-state index in [9.17, 15) is 0 Å². The van der Waals surface area contributed by atoms with E-state index in [4.69, 9.17) is 0 Å². The Balaban J connectivity index is -0.000000241. The van der Waals surface area contributed by atoms with Crippen molar-refractivity contribution < 1.29 is 0 Å². The summed E-state index contributed by atoms with van der Waals surface area (Å²) in [6, 6.07) is 0. The molecule has 25 heavy (non-hydrogen) atoms. The minimum atomic E-state index is 0.737. The smallest absolute Gasteiger partial charge is 0.0137 e. The highest BCUT2D eigenvalue weighted by Gasteiger charge is 2.30. The molecule has 0 bridgehead atoms. The molecular weight excluding hydrogens is 300 g/mol. The van der Waals surface area contributed by atoms with Gasteiger partial charge in [0.1, 0.15) is 0 Å². The Morgan fingerprint density at radius 2 is 1.40 bits per heavy atom. The first kappa shape index (κ1) is 32.2. The van der Waals surface area contributed by atoms with Crippen molar-refractivity contribution in [1.29, 1.82) is 0 Å². The van der Waals surface area contributed by atoms with E-state index in [1.807, 2.05) is 55.4 Å². The van der Waals surface area contributed by atoms with Crippen molar-refractivity contribution in [2.45, 2.75) is 121 Å². The van der Waals surface area contributed by atoms with E-state index in [1.165, 1.54) is 50.5 Å². The van der Waals surface area contributed by atoms with Crippen LogP contribution in [0.5, 0.6) is 0 Å². The predicted octanol–water partition coefficient (Wildman–Crippen LogP) is 9.86. The second kappa shape index (κ2) is 28.3. The summed E-state index contributed by atoms with van der Waals surface area (Å²) in [6.45, 7) is 27.1. The van der Waals surface area contributed by atoms with Gasteiger partial charge in [0.15, 0.2) is 0 Å². The minimum Gasteiger partial charge on any atom is -0.0956 e. The topological polar surface area (TPSA) is 0 Å². The highest BCUT2D eigenvalue weighted by molar-refractivity contribution is 5.18. The molecule has 1 rings (SSSR count). The van der Waals surface area contributed by atoms with E-state index in [2.05, 4.69) is 39.5 Å². The SMILES string of the molecule is C=C(/C=C\C)C(CCC)C1CCCCC1CC.CC.CC.CC.CC. The van der Waals surface area contributed by atoms with Gasteiger partial charge in [-0.2, -0.15) is 0 Å². The van der Waals surface area contributed by atoms with Crippen molar-refractivity contribution >= 4 is 0 Å². The first-order valence-corrected chi connectivity index (χ1v) is 11.6. The van der Waals surface area contributed by atoms with Crippen molar-refractivity contribution in [2.75, 3.05) is 0 Å². The maximum atomic E-state index is 4.32. The maximum Gasteiger partial charge on any atom is -0.0137 e. The molecule has 0 aromatic rings. The summed E-state index contributed by atoms with van der Waals surface area (Å²) in [5.74, 6) is 2.58. The van der Waals surface area contributed by atoms with Gasteiger partial charge in [0, 0.05) is 0 Å².